The van der Waals surface area contributed by atoms with Gasteiger partial charge in [-0.2, -0.15) is 17.5 Å². The summed E-state index contributed by atoms with van der Waals surface area (Å²) in [5, 5.41) is 0. The van der Waals surface area contributed by atoms with Crippen molar-refractivity contribution in [2.75, 3.05) is 11.5 Å². The highest BCUT2D eigenvalue weighted by Gasteiger charge is 2.36. The largest absolute Gasteiger partial charge is 0.418 e. The average molecular weight is 263 g/mol. The molecule has 1 heterocycles. The topological polar surface area (TPSA) is 29.4 Å². The summed E-state index contributed by atoms with van der Waals surface area (Å²) >= 11 is 0. The van der Waals surface area contributed by atoms with Crippen molar-refractivity contribution < 1.29 is 17.4 Å². The van der Waals surface area contributed by atoms with Crippen molar-refractivity contribution in [2.45, 2.75) is 19.5 Å². The summed E-state index contributed by atoms with van der Waals surface area (Å²) in [6, 6.07) is 4.17. The van der Waals surface area contributed by atoms with Crippen LogP contribution in [-0.4, -0.2) is 15.7 Å². The Balaban J connectivity index is 2.59. The van der Waals surface area contributed by atoms with E-state index in [9.17, 15) is 17.4 Å². The molecule has 0 aromatic heterocycles. The fourth-order valence-corrected chi connectivity index (χ4v) is 3.23. The third kappa shape index (κ3) is 2.46. The molecule has 0 aliphatic carbocycles. The number of hydrogen-bond donors (Lipinski definition) is 0. The monoisotopic (exact) mass is 263 g/mol. The zero-order valence-electron chi connectivity index (χ0n) is 9.25. The average Bonchev–Trinajstić information content (AvgIpc) is 2.13. The maximum absolute atomic E-state index is 12.9. The molecule has 0 amide bonds. The normalized spacial score (nSPS) is 18.6. The highest BCUT2D eigenvalue weighted by molar-refractivity contribution is 7.95. The van der Waals surface area contributed by atoms with Gasteiger partial charge in [0.1, 0.15) is 0 Å². The molecule has 0 radical (unpaired) electrons. The summed E-state index contributed by atoms with van der Waals surface area (Å²) < 4.78 is 54.3. The number of aryl methyl sites for hydroxylation is 1. The maximum atomic E-state index is 12.9. The molecule has 0 N–H and O–H groups in total. The molecule has 0 spiro atoms. The molecule has 1 aromatic carbocycles. The Bertz CT molecular complexity index is 546. The van der Waals surface area contributed by atoms with Gasteiger partial charge in [0, 0.05) is 11.5 Å². The molecule has 94 valence electrons. The molecule has 1 aliphatic heterocycles. The number of halogens is 3. The van der Waals surface area contributed by atoms with E-state index < -0.39 is 21.5 Å². The molecule has 1 aromatic rings. The fourth-order valence-electron chi connectivity index (χ4n) is 1.76. The third-order valence-electron chi connectivity index (χ3n) is 2.73. The quantitative estimate of drug-likeness (QED) is 0.762. The molecular formula is C11H12F3NOS. The van der Waals surface area contributed by atoms with Gasteiger partial charge in [-0.1, -0.05) is 12.1 Å². The minimum Gasteiger partial charge on any atom is -0.249 e. The summed E-state index contributed by atoms with van der Waals surface area (Å²) in [6.45, 7) is 1.38. The molecule has 0 atom stereocenters. The molecule has 0 saturated carbocycles. The highest BCUT2D eigenvalue weighted by atomic mass is 32.2. The lowest BCUT2D eigenvalue weighted by Crippen LogP contribution is -2.23. The third-order valence-corrected chi connectivity index (χ3v) is 5.11. The standard InChI is InChI=1S/C11H12F3NOS/c1-8-4-2-5-9(10(8)11(12,13)14)15-17(16)6-3-7-17/h2,4-5H,3,6-7H2,1H3. The zero-order chi connectivity index (χ0) is 12.7. The Hall–Kier alpha value is -1.04. The molecular weight excluding hydrogens is 251 g/mol. The highest BCUT2D eigenvalue weighted by Crippen LogP contribution is 2.39. The summed E-state index contributed by atoms with van der Waals surface area (Å²) in [7, 11) is -2.42. The van der Waals surface area contributed by atoms with Crippen LogP contribution in [0.5, 0.6) is 0 Å². The van der Waals surface area contributed by atoms with Crippen molar-refractivity contribution in [1.29, 1.82) is 0 Å². The van der Waals surface area contributed by atoms with E-state index in [4.69, 9.17) is 0 Å². The van der Waals surface area contributed by atoms with Gasteiger partial charge in [0.15, 0.2) is 0 Å². The molecule has 0 unspecified atom stereocenters. The Labute approximate surface area is 98.0 Å². The first-order valence-corrected chi connectivity index (χ1v) is 7.06. The second-order valence-corrected chi connectivity index (χ2v) is 6.64. The molecule has 17 heavy (non-hydrogen) atoms. The second-order valence-electron chi connectivity index (χ2n) is 4.09. The van der Waals surface area contributed by atoms with E-state index >= 15 is 0 Å². The molecule has 0 bridgehead atoms. The number of rotatable bonds is 1. The molecule has 2 nitrogen and oxygen atoms in total. The van der Waals surface area contributed by atoms with Gasteiger partial charge in [-0.15, -0.1) is 0 Å². The number of benzene rings is 1. The Kier molecular flexibility index (Phi) is 2.93. The van der Waals surface area contributed by atoms with E-state index in [2.05, 4.69) is 4.36 Å². The van der Waals surface area contributed by atoms with Gasteiger partial charge in [-0.05, 0) is 25.0 Å². The number of alkyl halides is 3. The molecule has 6 heteroatoms. The molecule has 1 fully saturated rings. The van der Waals surface area contributed by atoms with Crippen molar-refractivity contribution in [2.24, 2.45) is 4.36 Å². The minimum atomic E-state index is -4.45. The summed E-state index contributed by atoms with van der Waals surface area (Å²) in [4.78, 5) is 0. The van der Waals surface area contributed by atoms with Crippen molar-refractivity contribution in [3.05, 3.63) is 29.3 Å². The lowest BCUT2D eigenvalue weighted by molar-refractivity contribution is -0.137. The van der Waals surface area contributed by atoms with Gasteiger partial charge >= 0.3 is 6.18 Å². The molecule has 2 rings (SSSR count). The van der Waals surface area contributed by atoms with E-state index in [1.165, 1.54) is 25.1 Å². The van der Waals surface area contributed by atoms with Gasteiger partial charge in [-0.3, -0.25) is 0 Å². The van der Waals surface area contributed by atoms with Crippen molar-refractivity contribution in [1.82, 2.24) is 0 Å². The summed E-state index contributed by atoms with van der Waals surface area (Å²) in [5.74, 6) is 0.802. The van der Waals surface area contributed by atoms with Crippen LogP contribution in [0.4, 0.5) is 18.9 Å². The van der Waals surface area contributed by atoms with Crippen LogP contribution in [0.15, 0.2) is 22.6 Å². The summed E-state index contributed by atoms with van der Waals surface area (Å²) in [6.07, 6.45) is -3.68. The van der Waals surface area contributed by atoms with Crippen LogP contribution in [0, 0.1) is 6.92 Å². The smallest absolute Gasteiger partial charge is 0.249 e. The van der Waals surface area contributed by atoms with E-state index in [0.29, 0.717) is 11.5 Å². The molecule has 1 aliphatic rings. The van der Waals surface area contributed by atoms with Crippen molar-refractivity contribution >= 4 is 15.4 Å². The SMILES string of the molecule is Cc1cccc(N=S2(=O)CCC2)c1C(F)(F)F. The van der Waals surface area contributed by atoms with Gasteiger partial charge in [0.25, 0.3) is 0 Å². The number of hydrogen-bond acceptors (Lipinski definition) is 2. The first kappa shape index (κ1) is 12.4. The Morgan fingerprint density at radius 1 is 1.29 bits per heavy atom. The van der Waals surface area contributed by atoms with Crippen LogP contribution in [0.1, 0.15) is 17.5 Å². The van der Waals surface area contributed by atoms with E-state index in [1.54, 1.807) is 0 Å². The van der Waals surface area contributed by atoms with Crippen LogP contribution >= 0.6 is 0 Å². The maximum Gasteiger partial charge on any atom is 0.418 e. The van der Waals surface area contributed by atoms with Gasteiger partial charge < -0.3 is 0 Å². The number of nitrogens with zero attached hydrogens (tertiary/aromatic N) is 1. The van der Waals surface area contributed by atoms with Crippen LogP contribution in [-0.2, 0) is 15.9 Å². The zero-order valence-corrected chi connectivity index (χ0v) is 10.1. The van der Waals surface area contributed by atoms with Crippen LogP contribution in [0.3, 0.4) is 0 Å². The van der Waals surface area contributed by atoms with Crippen LogP contribution in [0.2, 0.25) is 0 Å². The van der Waals surface area contributed by atoms with Crippen molar-refractivity contribution in [3.8, 4) is 0 Å². The fraction of sp³-hybridized carbons (Fsp3) is 0.455. The van der Waals surface area contributed by atoms with Crippen molar-refractivity contribution in [3.63, 3.8) is 0 Å². The first-order valence-electron chi connectivity index (χ1n) is 5.21. The predicted octanol–water partition coefficient (Wildman–Crippen LogP) is 3.52. The predicted molar refractivity (Wildman–Crippen MR) is 60.8 cm³/mol. The van der Waals surface area contributed by atoms with E-state index in [-0.39, 0.29) is 11.3 Å². The summed E-state index contributed by atoms with van der Waals surface area (Å²) in [5.41, 5.74) is -0.849. The van der Waals surface area contributed by atoms with Gasteiger partial charge in [-0.25, -0.2) is 4.21 Å². The van der Waals surface area contributed by atoms with E-state index in [0.717, 1.165) is 6.42 Å². The second kappa shape index (κ2) is 4.01. The minimum absolute atomic E-state index is 0.112. The first-order chi connectivity index (χ1) is 7.82. The van der Waals surface area contributed by atoms with E-state index in [1.807, 2.05) is 0 Å². The lowest BCUT2D eigenvalue weighted by Gasteiger charge is -2.19. The Morgan fingerprint density at radius 3 is 2.41 bits per heavy atom. The Morgan fingerprint density at radius 2 is 1.94 bits per heavy atom. The molecule has 1 saturated heterocycles. The van der Waals surface area contributed by atoms with Crippen LogP contribution in [0.25, 0.3) is 0 Å². The van der Waals surface area contributed by atoms with Gasteiger partial charge in [0.2, 0.25) is 0 Å². The van der Waals surface area contributed by atoms with Crippen LogP contribution < -0.4 is 0 Å². The van der Waals surface area contributed by atoms with Gasteiger partial charge in [0.05, 0.1) is 21.0 Å². The lowest BCUT2D eigenvalue weighted by atomic mass is 10.1.